The van der Waals surface area contributed by atoms with E-state index in [1.54, 1.807) is 11.3 Å². The molecule has 0 aromatic carbocycles. The predicted octanol–water partition coefficient (Wildman–Crippen LogP) is 3.56. The molecule has 0 saturated carbocycles. The van der Waals surface area contributed by atoms with Gasteiger partial charge >= 0.3 is 0 Å². The molecule has 0 saturated heterocycles. The highest BCUT2D eigenvalue weighted by molar-refractivity contribution is 7.07. The Morgan fingerprint density at radius 2 is 2.13 bits per heavy atom. The minimum absolute atomic E-state index is 0.357. The highest BCUT2D eigenvalue weighted by atomic mass is 32.1. The first kappa shape index (κ1) is 12.7. The van der Waals surface area contributed by atoms with Crippen LogP contribution in [0.1, 0.15) is 33.3 Å². The van der Waals surface area contributed by atoms with Crippen molar-refractivity contribution in [1.82, 2.24) is 5.32 Å². The first-order chi connectivity index (χ1) is 6.99. The summed E-state index contributed by atoms with van der Waals surface area (Å²) >= 11 is 1.79. The van der Waals surface area contributed by atoms with Gasteiger partial charge in [-0.1, -0.05) is 27.7 Å². The highest BCUT2D eigenvalue weighted by Gasteiger charge is 2.18. The average Bonchev–Trinajstić information content (AvgIpc) is 2.54. The average molecular weight is 225 g/mol. The zero-order valence-electron chi connectivity index (χ0n) is 10.3. The molecule has 1 heterocycles. The Morgan fingerprint density at radius 3 is 2.67 bits per heavy atom. The van der Waals surface area contributed by atoms with E-state index in [1.165, 1.54) is 12.0 Å². The van der Waals surface area contributed by atoms with Crippen LogP contribution in [0.3, 0.4) is 0 Å². The van der Waals surface area contributed by atoms with Gasteiger partial charge in [0.1, 0.15) is 0 Å². The Bertz CT molecular complexity index is 262. The Hall–Kier alpha value is -0.340. The molecule has 15 heavy (non-hydrogen) atoms. The van der Waals surface area contributed by atoms with Gasteiger partial charge < -0.3 is 5.32 Å². The van der Waals surface area contributed by atoms with Crippen LogP contribution in [-0.4, -0.2) is 13.1 Å². The lowest BCUT2D eigenvalue weighted by Gasteiger charge is -2.25. The molecule has 0 aliphatic heterocycles. The van der Waals surface area contributed by atoms with E-state index >= 15 is 0 Å². The van der Waals surface area contributed by atoms with Crippen LogP contribution in [-0.2, 0) is 6.42 Å². The van der Waals surface area contributed by atoms with E-state index in [2.05, 4.69) is 49.8 Å². The molecular formula is C13H23NS. The topological polar surface area (TPSA) is 12.0 Å². The summed E-state index contributed by atoms with van der Waals surface area (Å²) in [5.74, 6) is 0.738. The number of rotatable bonds is 6. The van der Waals surface area contributed by atoms with Gasteiger partial charge in [0, 0.05) is 6.54 Å². The van der Waals surface area contributed by atoms with E-state index in [9.17, 15) is 0 Å². The zero-order valence-corrected chi connectivity index (χ0v) is 11.2. The summed E-state index contributed by atoms with van der Waals surface area (Å²) in [5, 5.41) is 7.95. The SMILES string of the molecule is CC(C)CNCC(C)(C)Cc1ccsc1. The molecule has 1 aromatic rings. The summed E-state index contributed by atoms with van der Waals surface area (Å²) in [6.45, 7) is 11.4. The third kappa shape index (κ3) is 5.33. The van der Waals surface area contributed by atoms with Crippen LogP contribution >= 0.6 is 11.3 Å². The van der Waals surface area contributed by atoms with Crippen LogP contribution < -0.4 is 5.32 Å². The molecule has 0 unspecified atom stereocenters. The Labute approximate surface area is 97.9 Å². The molecule has 1 nitrogen and oxygen atoms in total. The summed E-state index contributed by atoms with van der Waals surface area (Å²) in [4.78, 5) is 0. The van der Waals surface area contributed by atoms with E-state index in [0.717, 1.165) is 19.0 Å². The molecule has 0 fully saturated rings. The second-order valence-electron chi connectivity index (χ2n) is 5.50. The molecule has 0 atom stereocenters. The van der Waals surface area contributed by atoms with Crippen molar-refractivity contribution in [2.24, 2.45) is 11.3 Å². The predicted molar refractivity (Wildman–Crippen MR) is 69.5 cm³/mol. The number of hydrogen-bond donors (Lipinski definition) is 1. The molecule has 1 rings (SSSR count). The van der Waals surface area contributed by atoms with Gasteiger partial charge in [-0.15, -0.1) is 0 Å². The molecule has 0 radical (unpaired) electrons. The van der Waals surface area contributed by atoms with Gasteiger partial charge in [0.2, 0.25) is 0 Å². The second-order valence-corrected chi connectivity index (χ2v) is 6.28. The molecule has 1 N–H and O–H groups in total. The van der Waals surface area contributed by atoms with Crippen LogP contribution in [0.5, 0.6) is 0 Å². The molecular weight excluding hydrogens is 202 g/mol. The van der Waals surface area contributed by atoms with Crippen molar-refractivity contribution >= 4 is 11.3 Å². The Balaban J connectivity index is 2.32. The third-order valence-electron chi connectivity index (χ3n) is 2.42. The van der Waals surface area contributed by atoms with Crippen molar-refractivity contribution in [3.63, 3.8) is 0 Å². The first-order valence-electron chi connectivity index (χ1n) is 5.71. The van der Waals surface area contributed by atoms with E-state index in [1.807, 2.05) is 0 Å². The van der Waals surface area contributed by atoms with Crippen LogP contribution in [0.25, 0.3) is 0 Å². The molecule has 0 aliphatic carbocycles. The number of hydrogen-bond acceptors (Lipinski definition) is 2. The van der Waals surface area contributed by atoms with Crippen LogP contribution in [0.2, 0.25) is 0 Å². The monoisotopic (exact) mass is 225 g/mol. The summed E-state index contributed by atoms with van der Waals surface area (Å²) in [5.41, 5.74) is 1.83. The van der Waals surface area contributed by atoms with Crippen molar-refractivity contribution in [1.29, 1.82) is 0 Å². The maximum absolute atomic E-state index is 3.54. The largest absolute Gasteiger partial charge is 0.316 e. The van der Waals surface area contributed by atoms with Crippen LogP contribution in [0.15, 0.2) is 16.8 Å². The lowest BCUT2D eigenvalue weighted by atomic mass is 9.86. The maximum Gasteiger partial charge on any atom is 0.000582 e. The van der Waals surface area contributed by atoms with Gasteiger partial charge in [-0.05, 0) is 46.7 Å². The summed E-state index contributed by atoms with van der Waals surface area (Å²) in [6, 6.07) is 2.23. The molecule has 2 heteroatoms. The van der Waals surface area contributed by atoms with Gasteiger partial charge in [-0.2, -0.15) is 11.3 Å². The van der Waals surface area contributed by atoms with Gasteiger partial charge in [-0.3, -0.25) is 0 Å². The lowest BCUT2D eigenvalue weighted by molar-refractivity contribution is 0.330. The van der Waals surface area contributed by atoms with Crippen molar-refractivity contribution in [2.45, 2.75) is 34.1 Å². The molecule has 0 spiro atoms. The van der Waals surface area contributed by atoms with E-state index in [-0.39, 0.29) is 0 Å². The van der Waals surface area contributed by atoms with Crippen molar-refractivity contribution in [3.8, 4) is 0 Å². The van der Waals surface area contributed by atoms with Crippen molar-refractivity contribution in [3.05, 3.63) is 22.4 Å². The summed E-state index contributed by atoms with van der Waals surface area (Å²) < 4.78 is 0. The van der Waals surface area contributed by atoms with Gasteiger partial charge in [0.15, 0.2) is 0 Å². The molecule has 0 amide bonds. The van der Waals surface area contributed by atoms with Crippen LogP contribution in [0, 0.1) is 11.3 Å². The fraction of sp³-hybridized carbons (Fsp3) is 0.692. The summed E-state index contributed by atoms with van der Waals surface area (Å²) in [7, 11) is 0. The first-order valence-corrected chi connectivity index (χ1v) is 6.66. The Morgan fingerprint density at radius 1 is 1.40 bits per heavy atom. The quantitative estimate of drug-likeness (QED) is 0.780. The second kappa shape index (κ2) is 5.66. The highest BCUT2D eigenvalue weighted by Crippen LogP contribution is 2.22. The van der Waals surface area contributed by atoms with Crippen LogP contribution in [0.4, 0.5) is 0 Å². The maximum atomic E-state index is 3.54. The number of thiophene rings is 1. The lowest BCUT2D eigenvalue weighted by Crippen LogP contribution is -2.33. The molecule has 0 bridgehead atoms. The van der Waals surface area contributed by atoms with Gasteiger partial charge in [0.25, 0.3) is 0 Å². The van der Waals surface area contributed by atoms with Gasteiger partial charge in [-0.25, -0.2) is 0 Å². The van der Waals surface area contributed by atoms with E-state index in [0.29, 0.717) is 5.41 Å². The summed E-state index contributed by atoms with van der Waals surface area (Å²) in [6.07, 6.45) is 1.17. The minimum Gasteiger partial charge on any atom is -0.316 e. The van der Waals surface area contributed by atoms with Gasteiger partial charge in [0.05, 0.1) is 0 Å². The minimum atomic E-state index is 0.357. The van der Waals surface area contributed by atoms with E-state index in [4.69, 9.17) is 0 Å². The molecule has 86 valence electrons. The molecule has 0 aliphatic rings. The Kier molecular flexibility index (Phi) is 4.81. The van der Waals surface area contributed by atoms with Crippen molar-refractivity contribution < 1.29 is 0 Å². The smallest absolute Gasteiger partial charge is 0.000582 e. The standard InChI is InChI=1S/C13H23NS/c1-11(2)8-14-10-13(3,4)7-12-5-6-15-9-12/h5-6,9,11,14H,7-8,10H2,1-4H3. The van der Waals surface area contributed by atoms with Crippen molar-refractivity contribution in [2.75, 3.05) is 13.1 Å². The fourth-order valence-electron chi connectivity index (χ4n) is 1.71. The normalized spacial score (nSPS) is 12.3. The number of nitrogens with one attached hydrogen (secondary N) is 1. The molecule has 1 aromatic heterocycles. The fourth-order valence-corrected chi connectivity index (χ4v) is 2.38. The van der Waals surface area contributed by atoms with E-state index < -0.39 is 0 Å². The zero-order chi connectivity index (χ0) is 11.3. The third-order valence-corrected chi connectivity index (χ3v) is 3.15.